The number of nitro benzene ring substituents is 1. The van der Waals surface area contributed by atoms with Crippen molar-refractivity contribution in [3.05, 3.63) is 70.3 Å². The molecule has 0 unspecified atom stereocenters. The molecule has 9 heteroatoms. The van der Waals surface area contributed by atoms with Crippen LogP contribution in [0.25, 0.3) is 0 Å². The Kier molecular flexibility index (Phi) is 6.29. The zero-order valence-electron chi connectivity index (χ0n) is 16.1. The number of hydrogen-bond donors (Lipinski definition) is 0. The maximum atomic E-state index is 12.9. The first-order chi connectivity index (χ1) is 13.8. The monoisotopic (exact) mass is 417 g/mol. The van der Waals surface area contributed by atoms with Crippen LogP contribution >= 0.6 is 0 Å². The molecule has 8 nitrogen and oxygen atoms in total. The summed E-state index contributed by atoms with van der Waals surface area (Å²) in [4.78, 5) is 24.4. The molecular weight excluding hydrogens is 394 g/mol. The van der Waals surface area contributed by atoms with E-state index in [0.717, 1.165) is 5.56 Å². The fourth-order valence-electron chi connectivity index (χ4n) is 3.43. The molecule has 0 bridgehead atoms. The quantitative estimate of drug-likeness (QED) is 0.531. The van der Waals surface area contributed by atoms with E-state index in [1.807, 2.05) is 37.3 Å². The van der Waals surface area contributed by atoms with Crippen LogP contribution in [0.2, 0.25) is 0 Å². The van der Waals surface area contributed by atoms with E-state index in [9.17, 15) is 23.3 Å². The average molecular weight is 417 g/mol. The number of hydrogen-bond acceptors (Lipinski definition) is 5. The summed E-state index contributed by atoms with van der Waals surface area (Å²) >= 11 is 0. The fraction of sp³-hybridized carbons (Fsp3) is 0.350. The number of nitro groups is 1. The fourth-order valence-corrected chi connectivity index (χ4v) is 5.01. The third-order valence-electron chi connectivity index (χ3n) is 5.12. The summed E-state index contributed by atoms with van der Waals surface area (Å²) in [6.07, 6.45) is 0.348. The van der Waals surface area contributed by atoms with E-state index in [0.29, 0.717) is 6.42 Å². The Morgan fingerprint density at radius 2 is 1.62 bits per heavy atom. The van der Waals surface area contributed by atoms with Gasteiger partial charge in [-0.2, -0.15) is 4.31 Å². The molecule has 1 amide bonds. The normalized spacial score (nSPS) is 16.4. The Balaban J connectivity index is 1.64. The van der Waals surface area contributed by atoms with Crippen molar-refractivity contribution in [2.24, 2.45) is 0 Å². The van der Waals surface area contributed by atoms with Crippen molar-refractivity contribution >= 4 is 21.6 Å². The minimum Gasteiger partial charge on any atom is -0.340 e. The predicted octanol–water partition coefficient (Wildman–Crippen LogP) is 2.62. The molecule has 1 heterocycles. The summed E-state index contributed by atoms with van der Waals surface area (Å²) in [5.41, 5.74) is 0.640. The van der Waals surface area contributed by atoms with Crippen LogP contribution in [0, 0.1) is 10.1 Å². The third kappa shape index (κ3) is 4.63. The molecule has 154 valence electrons. The van der Waals surface area contributed by atoms with Gasteiger partial charge in [0.1, 0.15) is 0 Å². The van der Waals surface area contributed by atoms with Gasteiger partial charge < -0.3 is 4.90 Å². The highest BCUT2D eigenvalue weighted by molar-refractivity contribution is 7.89. The highest BCUT2D eigenvalue weighted by Crippen LogP contribution is 2.27. The molecule has 1 aliphatic rings. The van der Waals surface area contributed by atoms with Crippen molar-refractivity contribution in [2.75, 3.05) is 26.2 Å². The molecule has 2 aromatic rings. The first-order valence-electron chi connectivity index (χ1n) is 9.37. The molecule has 2 aromatic carbocycles. The zero-order chi connectivity index (χ0) is 21.0. The number of amides is 1. The molecule has 0 radical (unpaired) electrons. The summed E-state index contributed by atoms with van der Waals surface area (Å²) in [5.74, 6) is 0.0431. The van der Waals surface area contributed by atoms with Gasteiger partial charge >= 0.3 is 0 Å². The molecule has 29 heavy (non-hydrogen) atoms. The predicted molar refractivity (Wildman–Crippen MR) is 108 cm³/mol. The van der Waals surface area contributed by atoms with Gasteiger partial charge in [-0.05, 0) is 17.5 Å². The van der Waals surface area contributed by atoms with Crippen LogP contribution in [0.4, 0.5) is 5.69 Å². The van der Waals surface area contributed by atoms with Crippen molar-refractivity contribution in [1.29, 1.82) is 0 Å². The maximum absolute atomic E-state index is 12.9. The Morgan fingerprint density at radius 1 is 1.03 bits per heavy atom. The second kappa shape index (κ2) is 8.71. The number of sulfonamides is 1. The number of benzene rings is 2. The SMILES string of the molecule is C[C@@H](CC(=O)N1CCN(S(=O)(=O)c2ccccc2[N+](=O)[O-])CC1)c1ccccc1. The van der Waals surface area contributed by atoms with Crippen LogP contribution in [-0.2, 0) is 14.8 Å². The Morgan fingerprint density at radius 3 is 2.24 bits per heavy atom. The van der Waals surface area contributed by atoms with E-state index >= 15 is 0 Å². The van der Waals surface area contributed by atoms with Gasteiger partial charge in [-0.25, -0.2) is 8.42 Å². The molecule has 1 saturated heterocycles. The lowest BCUT2D eigenvalue weighted by Gasteiger charge is -2.34. The molecule has 1 aliphatic heterocycles. The van der Waals surface area contributed by atoms with Crippen LogP contribution in [0.15, 0.2) is 59.5 Å². The van der Waals surface area contributed by atoms with Gasteiger partial charge in [0.25, 0.3) is 5.69 Å². The van der Waals surface area contributed by atoms with E-state index in [2.05, 4.69) is 0 Å². The van der Waals surface area contributed by atoms with Crippen LogP contribution in [-0.4, -0.2) is 54.6 Å². The molecule has 0 spiro atoms. The number of carbonyl (C=O) groups excluding carboxylic acids is 1. The van der Waals surface area contributed by atoms with Gasteiger partial charge in [0.2, 0.25) is 15.9 Å². The number of rotatable bonds is 6. The minimum absolute atomic E-state index is 0.0240. The molecule has 0 aromatic heterocycles. The van der Waals surface area contributed by atoms with Gasteiger partial charge in [0.05, 0.1) is 4.92 Å². The summed E-state index contributed by atoms with van der Waals surface area (Å²) in [6, 6.07) is 15.1. The van der Waals surface area contributed by atoms with Crippen molar-refractivity contribution in [2.45, 2.75) is 24.2 Å². The minimum atomic E-state index is -4.00. The molecule has 0 saturated carbocycles. The molecule has 0 N–H and O–H groups in total. The van der Waals surface area contributed by atoms with Gasteiger partial charge in [-0.1, -0.05) is 49.4 Å². The lowest BCUT2D eigenvalue weighted by molar-refractivity contribution is -0.387. The molecule has 1 fully saturated rings. The third-order valence-corrected chi connectivity index (χ3v) is 7.07. The van der Waals surface area contributed by atoms with E-state index in [1.165, 1.54) is 28.6 Å². The largest absolute Gasteiger partial charge is 0.340 e. The molecular formula is C20H23N3O5S. The molecule has 1 atom stereocenters. The van der Waals surface area contributed by atoms with Crippen molar-refractivity contribution in [1.82, 2.24) is 9.21 Å². The lowest BCUT2D eigenvalue weighted by atomic mass is 9.97. The van der Waals surface area contributed by atoms with Crippen molar-refractivity contribution < 1.29 is 18.1 Å². The summed E-state index contributed by atoms with van der Waals surface area (Å²) in [6.45, 7) is 2.74. The van der Waals surface area contributed by atoms with Gasteiger partial charge in [-0.15, -0.1) is 0 Å². The van der Waals surface area contributed by atoms with Gasteiger partial charge in [-0.3, -0.25) is 14.9 Å². The first kappa shape index (κ1) is 20.9. The number of piperazine rings is 1. The van der Waals surface area contributed by atoms with Gasteiger partial charge in [0.15, 0.2) is 4.90 Å². The summed E-state index contributed by atoms with van der Waals surface area (Å²) in [7, 11) is -4.00. The Hall–Kier alpha value is -2.78. The Labute approximate surface area is 169 Å². The number of para-hydroxylation sites is 1. The van der Waals surface area contributed by atoms with E-state index in [-0.39, 0.29) is 42.9 Å². The van der Waals surface area contributed by atoms with E-state index in [4.69, 9.17) is 0 Å². The first-order valence-corrected chi connectivity index (χ1v) is 10.8. The average Bonchev–Trinajstić information content (AvgIpc) is 2.74. The zero-order valence-corrected chi connectivity index (χ0v) is 16.9. The maximum Gasteiger partial charge on any atom is 0.289 e. The number of nitrogens with zero attached hydrogens (tertiary/aromatic N) is 3. The summed E-state index contributed by atoms with van der Waals surface area (Å²) in [5, 5.41) is 11.2. The van der Waals surface area contributed by atoms with Crippen LogP contribution in [0.3, 0.4) is 0 Å². The highest BCUT2D eigenvalue weighted by Gasteiger charge is 2.34. The van der Waals surface area contributed by atoms with E-state index < -0.39 is 20.6 Å². The smallest absolute Gasteiger partial charge is 0.289 e. The van der Waals surface area contributed by atoms with Gasteiger partial charge in [0, 0.05) is 38.7 Å². The molecule has 3 rings (SSSR count). The summed E-state index contributed by atoms with van der Waals surface area (Å²) < 4.78 is 26.9. The van der Waals surface area contributed by atoms with Crippen molar-refractivity contribution in [3.8, 4) is 0 Å². The lowest BCUT2D eigenvalue weighted by Crippen LogP contribution is -2.50. The number of carbonyl (C=O) groups is 1. The molecule has 0 aliphatic carbocycles. The van der Waals surface area contributed by atoms with Crippen LogP contribution < -0.4 is 0 Å². The Bertz CT molecular complexity index is 986. The standard InChI is InChI=1S/C20H23N3O5S/c1-16(17-7-3-2-4-8-17)15-20(24)21-11-13-22(14-12-21)29(27,28)19-10-6-5-9-18(19)23(25)26/h2-10,16H,11-15H2,1H3/t16-/m0/s1. The topological polar surface area (TPSA) is 101 Å². The van der Waals surface area contributed by atoms with Crippen LogP contribution in [0.1, 0.15) is 24.8 Å². The van der Waals surface area contributed by atoms with Crippen molar-refractivity contribution in [3.63, 3.8) is 0 Å². The van der Waals surface area contributed by atoms with E-state index in [1.54, 1.807) is 4.90 Å². The van der Waals surface area contributed by atoms with Crippen LogP contribution in [0.5, 0.6) is 0 Å². The second-order valence-electron chi connectivity index (χ2n) is 7.03. The second-order valence-corrected chi connectivity index (χ2v) is 8.93. The highest BCUT2D eigenvalue weighted by atomic mass is 32.2.